The molecular formula is C17H35O5PS. The van der Waals surface area contributed by atoms with Gasteiger partial charge in [0.2, 0.25) is 0 Å². The predicted molar refractivity (Wildman–Crippen MR) is 101 cm³/mol. The molecular weight excluding hydrogens is 347 g/mol. The van der Waals surface area contributed by atoms with Crippen LogP contribution < -0.4 is 0 Å². The maximum Gasteiger partial charge on any atom is 0.390 e. The van der Waals surface area contributed by atoms with Crippen LogP contribution in [-0.2, 0) is 23.1 Å². The van der Waals surface area contributed by atoms with Gasteiger partial charge >= 0.3 is 12.8 Å². The van der Waals surface area contributed by atoms with E-state index in [-0.39, 0.29) is 12.6 Å². The first kappa shape index (κ1) is 24.0. The highest BCUT2D eigenvalue weighted by molar-refractivity contribution is 8.55. The first-order valence-electron chi connectivity index (χ1n) is 8.43. The predicted octanol–water partition coefficient (Wildman–Crippen LogP) is 5.83. The van der Waals surface area contributed by atoms with Gasteiger partial charge < -0.3 is 4.74 Å². The van der Waals surface area contributed by atoms with E-state index in [0.717, 1.165) is 24.2 Å². The normalized spacial score (nSPS) is 13.9. The fourth-order valence-corrected chi connectivity index (χ4v) is 6.37. The highest BCUT2D eigenvalue weighted by Gasteiger charge is 2.36. The quantitative estimate of drug-likeness (QED) is 0.284. The van der Waals surface area contributed by atoms with Crippen LogP contribution in [0, 0.1) is 5.41 Å². The Morgan fingerprint density at radius 3 is 1.79 bits per heavy atom. The van der Waals surface area contributed by atoms with Gasteiger partial charge in [-0.05, 0) is 73.2 Å². The number of hydrogen-bond donors (Lipinski definition) is 0. The highest BCUT2D eigenvalue weighted by atomic mass is 32.7. The van der Waals surface area contributed by atoms with Crippen LogP contribution in [0.1, 0.15) is 75.2 Å². The number of carbonyl (C=O) groups is 1. The number of carbonyl (C=O) groups excluding carboxylic acids is 1. The summed E-state index contributed by atoms with van der Waals surface area (Å²) >= 11 is 1.08. The highest BCUT2D eigenvalue weighted by Crippen LogP contribution is 2.64. The minimum Gasteiger partial charge on any atom is -0.464 e. The third kappa shape index (κ3) is 10.8. The summed E-state index contributed by atoms with van der Waals surface area (Å²) in [6.07, 6.45) is 1.70. The van der Waals surface area contributed by atoms with Crippen molar-refractivity contribution in [3.05, 3.63) is 0 Å². The van der Waals surface area contributed by atoms with Gasteiger partial charge in [-0.1, -0.05) is 13.3 Å². The largest absolute Gasteiger partial charge is 0.464 e. The van der Waals surface area contributed by atoms with E-state index in [0.29, 0.717) is 5.75 Å². The third-order valence-corrected chi connectivity index (χ3v) is 6.92. The van der Waals surface area contributed by atoms with E-state index >= 15 is 0 Å². The van der Waals surface area contributed by atoms with Crippen LogP contribution in [0.25, 0.3) is 0 Å². The molecule has 144 valence electrons. The minimum atomic E-state index is -3.35. The van der Waals surface area contributed by atoms with E-state index in [1.54, 1.807) is 0 Å². The summed E-state index contributed by atoms with van der Waals surface area (Å²) in [6.45, 7) is 13.6. The van der Waals surface area contributed by atoms with Crippen molar-refractivity contribution in [2.45, 2.75) is 86.4 Å². The van der Waals surface area contributed by atoms with Crippen LogP contribution >= 0.6 is 18.2 Å². The molecule has 7 heteroatoms. The zero-order valence-corrected chi connectivity index (χ0v) is 18.4. The summed E-state index contributed by atoms with van der Waals surface area (Å²) in [6, 6.07) is 0. The Balaban J connectivity index is 4.64. The fourth-order valence-electron chi connectivity index (χ4n) is 1.95. The average Bonchev–Trinajstić information content (AvgIpc) is 2.29. The number of ether oxygens (including phenoxy) is 1. The van der Waals surface area contributed by atoms with Crippen molar-refractivity contribution in [1.82, 2.24) is 0 Å². The maximum atomic E-state index is 13.0. The topological polar surface area (TPSA) is 61.8 Å². The van der Waals surface area contributed by atoms with E-state index < -0.39 is 23.4 Å². The van der Waals surface area contributed by atoms with Gasteiger partial charge in [-0.15, -0.1) is 0 Å². The summed E-state index contributed by atoms with van der Waals surface area (Å²) in [5.41, 5.74) is -1.67. The van der Waals surface area contributed by atoms with Crippen molar-refractivity contribution in [3.8, 4) is 0 Å². The first-order chi connectivity index (χ1) is 10.6. The minimum absolute atomic E-state index is 0.182. The summed E-state index contributed by atoms with van der Waals surface area (Å²) < 4.78 is 29.6. The Labute approximate surface area is 151 Å². The maximum absolute atomic E-state index is 13.0. The van der Waals surface area contributed by atoms with E-state index in [2.05, 4.69) is 0 Å². The molecule has 0 unspecified atom stereocenters. The van der Waals surface area contributed by atoms with Gasteiger partial charge in [0.05, 0.1) is 16.6 Å². The van der Waals surface area contributed by atoms with Gasteiger partial charge in [0.1, 0.15) is 6.61 Å². The molecule has 0 aliphatic heterocycles. The Hall–Kier alpha value is -0.0300. The lowest BCUT2D eigenvalue weighted by Gasteiger charge is -2.31. The second kappa shape index (κ2) is 9.07. The molecule has 24 heavy (non-hydrogen) atoms. The SMILES string of the molecule is CCCC(C)(C)C(=O)OCCSP(=O)(OC(C)(C)C)OC(C)(C)C. The standard InChI is InChI=1S/C17H35O5PS/c1-10-11-17(8,9)14(18)20-12-13-24-23(19,21-15(2,3)4)22-16(5,6)7/h10-13H2,1-9H3. The summed E-state index contributed by atoms with van der Waals surface area (Å²) in [4.78, 5) is 12.1. The monoisotopic (exact) mass is 382 g/mol. The van der Waals surface area contributed by atoms with Crippen LogP contribution in [0.4, 0.5) is 0 Å². The third-order valence-electron chi connectivity index (χ3n) is 2.76. The molecule has 5 nitrogen and oxygen atoms in total. The Bertz CT molecular complexity index is 429. The van der Waals surface area contributed by atoms with Crippen molar-refractivity contribution in [2.24, 2.45) is 5.41 Å². The van der Waals surface area contributed by atoms with Crippen molar-refractivity contribution in [3.63, 3.8) is 0 Å². The van der Waals surface area contributed by atoms with Crippen LogP contribution in [-0.4, -0.2) is 29.5 Å². The fraction of sp³-hybridized carbons (Fsp3) is 0.941. The van der Waals surface area contributed by atoms with Crippen LogP contribution in [0.5, 0.6) is 0 Å². The molecule has 0 saturated heterocycles. The summed E-state index contributed by atoms with van der Waals surface area (Å²) in [5, 5.41) is 0. The number of hydrogen-bond acceptors (Lipinski definition) is 6. The van der Waals surface area contributed by atoms with Crippen molar-refractivity contribution >= 4 is 24.1 Å². The smallest absolute Gasteiger partial charge is 0.390 e. The van der Waals surface area contributed by atoms with Gasteiger partial charge in [-0.2, -0.15) is 0 Å². The van der Waals surface area contributed by atoms with E-state index in [1.807, 2.05) is 62.3 Å². The van der Waals surface area contributed by atoms with Gasteiger partial charge in [-0.25, -0.2) is 4.57 Å². The molecule has 0 bridgehead atoms. The van der Waals surface area contributed by atoms with E-state index in [9.17, 15) is 9.36 Å². The molecule has 0 aromatic rings. The molecule has 0 spiro atoms. The van der Waals surface area contributed by atoms with Crippen LogP contribution in [0.3, 0.4) is 0 Å². The molecule has 0 saturated carbocycles. The van der Waals surface area contributed by atoms with Gasteiger partial charge in [0.25, 0.3) is 0 Å². The van der Waals surface area contributed by atoms with Crippen molar-refractivity contribution in [1.29, 1.82) is 0 Å². The second-order valence-electron chi connectivity index (χ2n) is 8.46. The lowest BCUT2D eigenvalue weighted by Crippen LogP contribution is -2.27. The van der Waals surface area contributed by atoms with Gasteiger partial charge in [-0.3, -0.25) is 13.8 Å². The molecule has 0 amide bonds. The zero-order valence-electron chi connectivity index (χ0n) is 16.7. The summed E-state index contributed by atoms with van der Waals surface area (Å²) in [5.74, 6) is 0.130. The first-order valence-corrected chi connectivity index (χ1v) is 11.6. The van der Waals surface area contributed by atoms with Gasteiger partial charge in [0, 0.05) is 5.75 Å². The molecule has 0 atom stereocenters. The number of esters is 1. The molecule has 0 radical (unpaired) electrons. The van der Waals surface area contributed by atoms with Crippen LogP contribution in [0.15, 0.2) is 0 Å². The molecule has 0 aromatic heterocycles. The molecule has 0 aliphatic carbocycles. The van der Waals surface area contributed by atoms with E-state index in [1.165, 1.54) is 0 Å². The molecule has 0 fully saturated rings. The number of rotatable bonds is 9. The Morgan fingerprint density at radius 2 is 1.42 bits per heavy atom. The summed E-state index contributed by atoms with van der Waals surface area (Å²) in [7, 11) is 0. The molecule has 0 aromatic carbocycles. The second-order valence-corrected chi connectivity index (χ2v) is 12.5. The molecule has 0 N–H and O–H groups in total. The van der Waals surface area contributed by atoms with E-state index in [4.69, 9.17) is 13.8 Å². The Morgan fingerprint density at radius 1 is 0.958 bits per heavy atom. The lowest BCUT2D eigenvalue weighted by molar-refractivity contribution is -0.153. The van der Waals surface area contributed by atoms with Gasteiger partial charge in [0.15, 0.2) is 0 Å². The average molecular weight is 383 g/mol. The molecule has 0 rings (SSSR count). The molecule has 0 heterocycles. The zero-order chi connectivity index (χ0) is 19.2. The Kier molecular flexibility index (Phi) is 9.05. The lowest BCUT2D eigenvalue weighted by atomic mass is 9.88. The van der Waals surface area contributed by atoms with Crippen molar-refractivity contribution in [2.75, 3.05) is 12.4 Å². The van der Waals surface area contributed by atoms with Crippen LogP contribution in [0.2, 0.25) is 0 Å². The molecule has 0 aliphatic rings. The van der Waals surface area contributed by atoms with Crippen molar-refractivity contribution < 1.29 is 23.1 Å².